The molecule has 0 heterocycles. The van der Waals surface area contributed by atoms with Gasteiger partial charge in [0.15, 0.2) is 0 Å². The van der Waals surface area contributed by atoms with Crippen molar-refractivity contribution in [1.29, 1.82) is 0 Å². The van der Waals surface area contributed by atoms with E-state index >= 15 is 0 Å². The summed E-state index contributed by atoms with van der Waals surface area (Å²) in [5, 5.41) is 0. The van der Waals surface area contributed by atoms with Gasteiger partial charge in [-0.25, -0.2) is 0 Å². The first-order chi connectivity index (χ1) is 1.00. The molecule has 5 heavy (non-hydrogen) atoms. The molecule has 0 unspecified atom stereocenters. The van der Waals surface area contributed by atoms with Crippen LogP contribution in [0.2, 0.25) is 0 Å². The van der Waals surface area contributed by atoms with Gasteiger partial charge in [0, 0.05) is 62.6 Å². The van der Waals surface area contributed by atoms with Gasteiger partial charge >= 0.3 is 0 Å². The minimum atomic E-state index is 0. The molecular weight excluding hydrogens is 334 g/mol. The summed E-state index contributed by atoms with van der Waals surface area (Å²) in [6, 6.07) is 0. The van der Waals surface area contributed by atoms with Crippen molar-refractivity contribution in [2.75, 3.05) is 0 Å². The molecule has 3 radical (unpaired) electrons. The summed E-state index contributed by atoms with van der Waals surface area (Å²) in [7, 11) is 5.44. The molecule has 0 bridgehead atoms. The molecule has 0 amide bonds. The van der Waals surface area contributed by atoms with Crippen LogP contribution in [0.15, 0.2) is 0 Å². The molecule has 5 heteroatoms. The van der Waals surface area contributed by atoms with E-state index in [1.807, 2.05) is 0 Å². The topological polar surface area (TPSA) is 0 Å². The van der Waals surface area contributed by atoms with Crippen molar-refractivity contribution in [2.45, 2.75) is 0 Å². The fourth-order valence-corrected chi connectivity index (χ4v) is 0. The van der Waals surface area contributed by atoms with Crippen LogP contribution in [0.4, 0.5) is 0 Å². The van der Waals surface area contributed by atoms with Gasteiger partial charge in [-0.3, -0.25) is 0 Å². The van der Waals surface area contributed by atoms with Crippen molar-refractivity contribution in [2.24, 2.45) is 0 Å². The first kappa shape index (κ1) is 28.0. The van der Waals surface area contributed by atoms with Crippen LogP contribution in [-0.2, 0) is 55.2 Å². The molecule has 0 aromatic rings. The molecule has 0 fully saturated rings. The SMILES string of the molecule is [B][SiH3].[Co].[Cr].[W]. The van der Waals surface area contributed by atoms with E-state index < -0.39 is 0 Å². The Morgan fingerprint density at radius 1 is 1.20 bits per heavy atom. The zero-order valence-corrected chi connectivity index (χ0v) is 9.98. The predicted molar refractivity (Wildman–Crippen MR) is 15.7 cm³/mol. The fourth-order valence-electron chi connectivity index (χ4n) is 0. The van der Waals surface area contributed by atoms with Crippen molar-refractivity contribution in [3.8, 4) is 0 Å². The van der Waals surface area contributed by atoms with Crippen molar-refractivity contribution in [3.63, 3.8) is 0 Å². The van der Waals surface area contributed by atoms with Gasteiger partial charge in [-0.15, -0.1) is 0 Å². The van der Waals surface area contributed by atoms with Crippen molar-refractivity contribution >= 4 is 17.6 Å². The van der Waals surface area contributed by atoms with E-state index in [0.29, 0.717) is 0 Å². The molecule has 0 rings (SSSR count). The van der Waals surface area contributed by atoms with Gasteiger partial charge in [0.2, 0.25) is 0 Å². The smallest absolute Gasteiger partial charge is 0.0388 e. The molecule has 0 aromatic heterocycles. The minimum Gasteiger partial charge on any atom is -0.0388 e. The van der Waals surface area contributed by atoms with E-state index in [1.165, 1.54) is 0 Å². The van der Waals surface area contributed by atoms with Crippen LogP contribution >= 0.6 is 0 Å². The van der Waals surface area contributed by atoms with Gasteiger partial charge in [0.05, 0.1) is 0 Å². The van der Waals surface area contributed by atoms with Crippen molar-refractivity contribution in [3.05, 3.63) is 0 Å². The third-order valence-electron chi connectivity index (χ3n) is 0. The molecule has 0 saturated heterocycles. The van der Waals surface area contributed by atoms with Gasteiger partial charge in [0.1, 0.15) is 0 Å². The largest absolute Gasteiger partial charge is 0.0434 e. The fraction of sp³-hybridized carbons (Fsp3) is 0. The third-order valence-corrected chi connectivity index (χ3v) is 0. The molecule has 0 nitrogen and oxygen atoms in total. The Morgan fingerprint density at radius 2 is 1.20 bits per heavy atom. The first-order valence-corrected chi connectivity index (χ1v) is 1.73. The molecule has 0 N–H and O–H groups in total. The monoisotopic (exact) mass is 337 g/mol. The molecule has 0 aliphatic carbocycles. The van der Waals surface area contributed by atoms with E-state index in [0.717, 1.165) is 10.1 Å². The maximum atomic E-state index is 4.64. The summed E-state index contributed by atoms with van der Waals surface area (Å²) in [6.07, 6.45) is 0. The predicted octanol–water partition coefficient (Wildman–Crippen LogP) is -1.57. The average molecular weight is 337 g/mol. The zero-order valence-electron chi connectivity index (χ0n) is 2.73. The minimum absolute atomic E-state index is 0. The second-order valence-corrected chi connectivity index (χ2v) is 0. The number of hydrogen-bond acceptors (Lipinski definition) is 0. The Balaban J connectivity index is -0.00000000167. The van der Waals surface area contributed by atoms with E-state index in [2.05, 4.69) is 7.44 Å². The standard InChI is InChI=1S/BH3Si.Co.Cr.W/c1-2;;;/h2H3;;;. The van der Waals surface area contributed by atoms with Crippen LogP contribution in [-0.4, -0.2) is 17.6 Å². The van der Waals surface area contributed by atoms with E-state index in [9.17, 15) is 0 Å². The average Bonchev–Trinajstić information content (AvgIpc) is 1.00. The third kappa shape index (κ3) is 23.9. The van der Waals surface area contributed by atoms with Crippen LogP contribution in [0, 0.1) is 0 Å². The zero-order chi connectivity index (χ0) is 2.00. The molecule has 0 aliphatic heterocycles. The molecule has 0 saturated carbocycles. The van der Waals surface area contributed by atoms with E-state index in [1.54, 1.807) is 0 Å². The molecule has 31 valence electrons. The van der Waals surface area contributed by atoms with Gasteiger partial charge in [-0.2, -0.15) is 0 Å². The Kier molecular flexibility index (Phi) is 209. The van der Waals surface area contributed by atoms with Gasteiger partial charge in [0.25, 0.3) is 0 Å². The maximum absolute atomic E-state index is 4.64. The van der Waals surface area contributed by atoms with Crippen LogP contribution in [0.3, 0.4) is 0 Å². The van der Waals surface area contributed by atoms with Crippen LogP contribution in [0.25, 0.3) is 0 Å². The number of hydrogen-bond donors (Lipinski definition) is 0. The molecule has 0 spiro atoms. The molecule has 0 atom stereocenters. The van der Waals surface area contributed by atoms with Gasteiger partial charge in [-0.1, -0.05) is 0 Å². The summed E-state index contributed by atoms with van der Waals surface area (Å²) in [5.41, 5.74) is 0. The first-order valence-electron chi connectivity index (χ1n) is 0.577. The molecular formula is H3BCoCrSiW. The summed E-state index contributed by atoms with van der Waals surface area (Å²) in [6.45, 7) is 0. The second kappa shape index (κ2) is 37.4. The van der Waals surface area contributed by atoms with Crippen molar-refractivity contribution < 1.29 is 55.2 Å². The van der Waals surface area contributed by atoms with Gasteiger partial charge in [-0.05, 0) is 10.1 Å². The van der Waals surface area contributed by atoms with Crippen LogP contribution < -0.4 is 0 Å². The Bertz CT molecular complexity index is 11.6. The van der Waals surface area contributed by atoms with Crippen LogP contribution in [0.1, 0.15) is 0 Å². The Hall–Kier alpha value is 2.01. The van der Waals surface area contributed by atoms with Crippen molar-refractivity contribution in [1.82, 2.24) is 0 Å². The summed E-state index contributed by atoms with van der Waals surface area (Å²) in [4.78, 5) is 0. The number of rotatable bonds is 0. The van der Waals surface area contributed by atoms with Gasteiger partial charge < -0.3 is 0 Å². The molecule has 0 aliphatic rings. The summed E-state index contributed by atoms with van der Waals surface area (Å²) < 4.78 is 0. The quantitative estimate of drug-likeness (QED) is 0.469. The van der Waals surface area contributed by atoms with Crippen LogP contribution in [0.5, 0.6) is 0 Å². The van der Waals surface area contributed by atoms with E-state index in [-0.39, 0.29) is 55.2 Å². The molecule has 0 aromatic carbocycles. The van der Waals surface area contributed by atoms with E-state index in [4.69, 9.17) is 0 Å². The maximum Gasteiger partial charge on any atom is 0.0434 e. The summed E-state index contributed by atoms with van der Waals surface area (Å²) in [5.74, 6) is 0. The Morgan fingerprint density at radius 3 is 1.20 bits per heavy atom. The second-order valence-electron chi connectivity index (χ2n) is 0. The normalized spacial score (nSPS) is 1.60. The summed E-state index contributed by atoms with van der Waals surface area (Å²) >= 11 is 0. The Labute approximate surface area is 72.2 Å².